The number of likely N-dealkylation sites (tertiary alicyclic amines) is 1. The number of aliphatic hydroxyl groups is 1. The van der Waals surface area contributed by atoms with Crippen LogP contribution in [0.1, 0.15) is 27.9 Å². The SMILES string of the molecule is O=C(c1ccc2ncccc2c1)N1CCC(Cc2ccc(CO)cc2)C1. The fourth-order valence-electron chi connectivity index (χ4n) is 3.69. The summed E-state index contributed by atoms with van der Waals surface area (Å²) in [6.07, 6.45) is 3.77. The third-order valence-electron chi connectivity index (χ3n) is 5.15. The van der Waals surface area contributed by atoms with Gasteiger partial charge in [-0.15, -0.1) is 0 Å². The summed E-state index contributed by atoms with van der Waals surface area (Å²) in [4.78, 5) is 19.1. The van der Waals surface area contributed by atoms with Gasteiger partial charge in [-0.2, -0.15) is 0 Å². The number of carbonyl (C=O) groups is 1. The van der Waals surface area contributed by atoms with Crippen LogP contribution >= 0.6 is 0 Å². The van der Waals surface area contributed by atoms with Crippen molar-refractivity contribution in [3.63, 3.8) is 0 Å². The molecule has 1 aromatic heterocycles. The van der Waals surface area contributed by atoms with Gasteiger partial charge in [0.05, 0.1) is 12.1 Å². The van der Waals surface area contributed by atoms with Crippen molar-refractivity contribution in [2.24, 2.45) is 5.92 Å². The smallest absolute Gasteiger partial charge is 0.253 e. The molecule has 1 atom stereocenters. The molecule has 4 heteroatoms. The normalized spacial score (nSPS) is 17.0. The second-order valence-corrected chi connectivity index (χ2v) is 7.00. The minimum Gasteiger partial charge on any atom is -0.392 e. The Morgan fingerprint density at radius 2 is 1.92 bits per heavy atom. The first-order chi connectivity index (χ1) is 12.7. The van der Waals surface area contributed by atoms with Gasteiger partial charge in [0, 0.05) is 30.2 Å². The average molecular weight is 346 g/mol. The van der Waals surface area contributed by atoms with Gasteiger partial charge in [-0.1, -0.05) is 30.3 Å². The number of aliphatic hydroxyl groups excluding tert-OH is 1. The molecule has 132 valence electrons. The number of fused-ring (bicyclic) bond motifs is 1. The fourth-order valence-corrected chi connectivity index (χ4v) is 3.69. The Bertz CT molecular complexity index is 921. The highest BCUT2D eigenvalue weighted by Gasteiger charge is 2.27. The zero-order chi connectivity index (χ0) is 17.9. The topological polar surface area (TPSA) is 53.4 Å². The number of amides is 1. The summed E-state index contributed by atoms with van der Waals surface area (Å²) < 4.78 is 0. The predicted molar refractivity (Wildman–Crippen MR) is 102 cm³/mol. The van der Waals surface area contributed by atoms with Crippen molar-refractivity contribution >= 4 is 16.8 Å². The number of hydrogen-bond donors (Lipinski definition) is 1. The van der Waals surface area contributed by atoms with Gasteiger partial charge in [-0.25, -0.2) is 0 Å². The van der Waals surface area contributed by atoms with Crippen LogP contribution in [0.3, 0.4) is 0 Å². The number of carbonyl (C=O) groups excluding carboxylic acids is 1. The lowest BCUT2D eigenvalue weighted by Crippen LogP contribution is -2.28. The quantitative estimate of drug-likeness (QED) is 0.787. The number of nitrogens with zero attached hydrogens (tertiary/aromatic N) is 2. The molecule has 1 amide bonds. The van der Waals surface area contributed by atoms with E-state index in [1.54, 1.807) is 6.20 Å². The van der Waals surface area contributed by atoms with E-state index in [0.717, 1.165) is 48.0 Å². The highest BCUT2D eigenvalue weighted by molar-refractivity contribution is 5.98. The van der Waals surface area contributed by atoms with E-state index in [-0.39, 0.29) is 12.5 Å². The average Bonchev–Trinajstić information content (AvgIpc) is 3.16. The van der Waals surface area contributed by atoms with Crippen molar-refractivity contribution in [3.8, 4) is 0 Å². The van der Waals surface area contributed by atoms with E-state index in [0.29, 0.717) is 5.92 Å². The summed E-state index contributed by atoms with van der Waals surface area (Å²) in [6.45, 7) is 1.68. The van der Waals surface area contributed by atoms with Crippen LogP contribution in [0.2, 0.25) is 0 Å². The van der Waals surface area contributed by atoms with Crippen LogP contribution in [-0.4, -0.2) is 34.0 Å². The minimum atomic E-state index is 0.0767. The molecule has 4 rings (SSSR count). The number of pyridine rings is 1. The molecule has 3 aromatic rings. The summed E-state index contributed by atoms with van der Waals surface area (Å²) in [6, 6.07) is 17.7. The van der Waals surface area contributed by atoms with Crippen molar-refractivity contribution in [3.05, 3.63) is 77.5 Å². The van der Waals surface area contributed by atoms with Gasteiger partial charge in [0.15, 0.2) is 0 Å². The zero-order valence-electron chi connectivity index (χ0n) is 14.6. The third kappa shape index (κ3) is 3.46. The molecule has 26 heavy (non-hydrogen) atoms. The number of rotatable bonds is 4. The molecule has 0 radical (unpaired) electrons. The zero-order valence-corrected chi connectivity index (χ0v) is 14.6. The molecule has 1 fully saturated rings. The molecule has 0 saturated carbocycles. The van der Waals surface area contributed by atoms with Gasteiger partial charge >= 0.3 is 0 Å². The van der Waals surface area contributed by atoms with Gasteiger partial charge in [0.2, 0.25) is 0 Å². The van der Waals surface area contributed by atoms with Crippen LogP contribution in [0.15, 0.2) is 60.8 Å². The molecular weight excluding hydrogens is 324 g/mol. The van der Waals surface area contributed by atoms with E-state index in [4.69, 9.17) is 5.11 Å². The molecular formula is C22H22N2O2. The first kappa shape index (κ1) is 16.7. The largest absolute Gasteiger partial charge is 0.392 e. The van der Waals surface area contributed by atoms with Crippen molar-refractivity contribution in [1.29, 1.82) is 0 Å². The van der Waals surface area contributed by atoms with Crippen molar-refractivity contribution in [2.45, 2.75) is 19.4 Å². The first-order valence-electron chi connectivity index (χ1n) is 9.05. The van der Waals surface area contributed by atoms with Crippen LogP contribution in [0.5, 0.6) is 0 Å². The lowest BCUT2D eigenvalue weighted by molar-refractivity contribution is 0.0787. The van der Waals surface area contributed by atoms with Gasteiger partial charge < -0.3 is 10.0 Å². The van der Waals surface area contributed by atoms with Gasteiger partial charge in [-0.05, 0) is 54.2 Å². The first-order valence-corrected chi connectivity index (χ1v) is 9.05. The van der Waals surface area contributed by atoms with E-state index in [9.17, 15) is 4.79 Å². The maximum atomic E-state index is 12.8. The minimum absolute atomic E-state index is 0.0767. The van der Waals surface area contributed by atoms with Crippen LogP contribution in [0.25, 0.3) is 10.9 Å². The standard InChI is InChI=1S/C22H22N2O2/c25-15-17-5-3-16(4-6-17)12-18-9-11-24(14-18)22(26)20-7-8-21-19(13-20)2-1-10-23-21/h1-8,10,13,18,25H,9,11-12,14-15H2. The van der Waals surface area contributed by atoms with Gasteiger partial charge in [0.25, 0.3) is 5.91 Å². The van der Waals surface area contributed by atoms with E-state index < -0.39 is 0 Å². The van der Waals surface area contributed by atoms with E-state index >= 15 is 0 Å². The second kappa shape index (κ2) is 7.26. The summed E-state index contributed by atoms with van der Waals surface area (Å²) >= 11 is 0. The maximum absolute atomic E-state index is 12.8. The van der Waals surface area contributed by atoms with Crippen LogP contribution in [-0.2, 0) is 13.0 Å². The lowest BCUT2D eigenvalue weighted by Gasteiger charge is -2.17. The molecule has 2 aromatic carbocycles. The fraction of sp³-hybridized carbons (Fsp3) is 0.273. The summed E-state index contributed by atoms with van der Waals surface area (Å²) in [5, 5.41) is 10.1. The molecule has 1 saturated heterocycles. The molecule has 2 heterocycles. The molecule has 1 unspecified atom stereocenters. The lowest BCUT2D eigenvalue weighted by atomic mass is 9.98. The number of benzene rings is 2. The second-order valence-electron chi connectivity index (χ2n) is 7.00. The highest BCUT2D eigenvalue weighted by atomic mass is 16.3. The van der Waals surface area contributed by atoms with E-state index in [1.165, 1.54) is 5.56 Å². The van der Waals surface area contributed by atoms with Crippen molar-refractivity contribution in [1.82, 2.24) is 9.88 Å². The molecule has 1 aliphatic heterocycles. The molecule has 4 nitrogen and oxygen atoms in total. The highest BCUT2D eigenvalue weighted by Crippen LogP contribution is 2.24. The molecule has 0 bridgehead atoms. The van der Waals surface area contributed by atoms with Crippen molar-refractivity contribution in [2.75, 3.05) is 13.1 Å². The van der Waals surface area contributed by atoms with Crippen LogP contribution in [0.4, 0.5) is 0 Å². The Hall–Kier alpha value is -2.72. The van der Waals surface area contributed by atoms with Crippen LogP contribution in [0, 0.1) is 5.92 Å². The number of aromatic nitrogens is 1. The van der Waals surface area contributed by atoms with Gasteiger partial charge in [0.1, 0.15) is 0 Å². The van der Waals surface area contributed by atoms with Crippen LogP contribution < -0.4 is 0 Å². The summed E-state index contributed by atoms with van der Waals surface area (Å²) in [5.74, 6) is 0.593. The molecule has 1 aliphatic rings. The Morgan fingerprint density at radius 3 is 2.73 bits per heavy atom. The molecule has 0 spiro atoms. The van der Waals surface area contributed by atoms with E-state index in [1.807, 2.05) is 47.4 Å². The predicted octanol–water partition coefficient (Wildman–Crippen LogP) is 3.43. The summed E-state index contributed by atoms with van der Waals surface area (Å²) in [5.41, 5.74) is 3.84. The summed E-state index contributed by atoms with van der Waals surface area (Å²) in [7, 11) is 0. The Balaban J connectivity index is 1.42. The monoisotopic (exact) mass is 346 g/mol. The maximum Gasteiger partial charge on any atom is 0.253 e. The Kier molecular flexibility index (Phi) is 4.67. The third-order valence-corrected chi connectivity index (χ3v) is 5.15. The number of hydrogen-bond acceptors (Lipinski definition) is 3. The van der Waals surface area contributed by atoms with Crippen molar-refractivity contribution < 1.29 is 9.90 Å². The van der Waals surface area contributed by atoms with E-state index in [2.05, 4.69) is 17.1 Å². The van der Waals surface area contributed by atoms with Gasteiger partial charge in [-0.3, -0.25) is 9.78 Å². The Morgan fingerprint density at radius 1 is 1.12 bits per heavy atom. The Labute approximate surface area is 153 Å². The molecule has 1 N–H and O–H groups in total. The molecule has 0 aliphatic carbocycles.